The van der Waals surface area contributed by atoms with Crippen LogP contribution < -0.4 is 15.0 Å². The smallest absolute Gasteiger partial charge is 0.335 e. The Labute approximate surface area is 170 Å². The third kappa shape index (κ3) is 4.01. The molecule has 1 aliphatic heterocycles. The van der Waals surface area contributed by atoms with Crippen molar-refractivity contribution in [1.82, 2.24) is 5.32 Å². The van der Waals surface area contributed by atoms with Crippen molar-refractivity contribution in [3.05, 3.63) is 63.6 Å². The first-order valence-corrected chi connectivity index (χ1v) is 8.69. The third-order valence-electron chi connectivity index (χ3n) is 3.78. The average molecular weight is 415 g/mol. The number of carbonyl (C=O) groups is 3. The van der Waals surface area contributed by atoms with Crippen molar-refractivity contribution in [2.24, 2.45) is 0 Å². The fourth-order valence-corrected chi connectivity index (χ4v) is 2.76. The van der Waals surface area contributed by atoms with Crippen molar-refractivity contribution < 1.29 is 19.1 Å². The molecule has 3 rings (SSSR count). The van der Waals surface area contributed by atoms with Gasteiger partial charge < -0.3 is 4.74 Å². The minimum Gasteiger partial charge on any atom is -0.481 e. The SMILES string of the molecule is C#CCOc1ccc(/C=C2\C(=O)NC(=O)N(c3ccc(Cl)c(Cl)c3)C2=O)cc1. The first-order chi connectivity index (χ1) is 13.4. The summed E-state index contributed by atoms with van der Waals surface area (Å²) in [6.07, 6.45) is 6.51. The highest BCUT2D eigenvalue weighted by Gasteiger charge is 2.36. The summed E-state index contributed by atoms with van der Waals surface area (Å²) in [5, 5.41) is 2.58. The maximum Gasteiger partial charge on any atom is 0.335 e. The van der Waals surface area contributed by atoms with E-state index < -0.39 is 17.8 Å². The molecule has 0 bridgehead atoms. The number of terminal acetylenes is 1. The molecule has 0 aliphatic carbocycles. The Bertz CT molecular complexity index is 1040. The zero-order chi connectivity index (χ0) is 20.3. The van der Waals surface area contributed by atoms with Gasteiger partial charge in [-0.05, 0) is 42.0 Å². The number of urea groups is 1. The van der Waals surface area contributed by atoms with Crippen LogP contribution in [0.5, 0.6) is 5.75 Å². The Morgan fingerprint density at radius 1 is 1.07 bits per heavy atom. The lowest BCUT2D eigenvalue weighted by atomic mass is 10.1. The van der Waals surface area contributed by atoms with Crippen molar-refractivity contribution >= 4 is 52.8 Å². The molecule has 1 aliphatic rings. The first kappa shape index (κ1) is 19.5. The van der Waals surface area contributed by atoms with Crippen molar-refractivity contribution in [2.45, 2.75) is 0 Å². The van der Waals surface area contributed by atoms with Crippen LogP contribution in [0.3, 0.4) is 0 Å². The lowest BCUT2D eigenvalue weighted by Gasteiger charge is -2.26. The van der Waals surface area contributed by atoms with Crippen LogP contribution in [-0.4, -0.2) is 24.5 Å². The van der Waals surface area contributed by atoms with Crippen LogP contribution >= 0.6 is 23.2 Å². The van der Waals surface area contributed by atoms with E-state index in [2.05, 4.69) is 11.2 Å². The summed E-state index contributed by atoms with van der Waals surface area (Å²) in [6, 6.07) is 10.0. The molecule has 28 heavy (non-hydrogen) atoms. The average Bonchev–Trinajstić information content (AvgIpc) is 2.67. The fraction of sp³-hybridized carbons (Fsp3) is 0.0500. The van der Waals surface area contributed by atoms with E-state index in [-0.39, 0.29) is 27.9 Å². The van der Waals surface area contributed by atoms with Crippen LogP contribution in [-0.2, 0) is 9.59 Å². The number of carbonyl (C=O) groups excluding carboxylic acids is 3. The lowest BCUT2D eigenvalue weighted by molar-refractivity contribution is -0.122. The van der Waals surface area contributed by atoms with Gasteiger partial charge in [-0.15, -0.1) is 6.42 Å². The molecule has 1 N–H and O–H groups in total. The van der Waals surface area contributed by atoms with Crippen molar-refractivity contribution in [2.75, 3.05) is 11.5 Å². The molecule has 1 fully saturated rings. The highest BCUT2D eigenvalue weighted by molar-refractivity contribution is 6.43. The van der Waals surface area contributed by atoms with Gasteiger partial charge >= 0.3 is 6.03 Å². The molecule has 0 saturated carbocycles. The number of amides is 4. The van der Waals surface area contributed by atoms with Gasteiger partial charge in [-0.3, -0.25) is 14.9 Å². The van der Waals surface area contributed by atoms with Gasteiger partial charge in [0.05, 0.1) is 15.7 Å². The molecule has 0 radical (unpaired) electrons. The molecule has 140 valence electrons. The highest BCUT2D eigenvalue weighted by Crippen LogP contribution is 2.29. The Hall–Kier alpha value is -3.27. The molecule has 1 heterocycles. The Balaban J connectivity index is 1.92. The standard InChI is InChI=1S/C20H12Cl2N2O4/c1-2-9-28-14-6-3-12(4-7-14)10-15-18(25)23-20(27)24(19(15)26)13-5-8-16(21)17(22)11-13/h1,3-8,10-11H,9H2,(H,23,25,27)/b15-10+. The Morgan fingerprint density at radius 2 is 1.79 bits per heavy atom. The van der Waals surface area contributed by atoms with Crippen molar-refractivity contribution in [3.63, 3.8) is 0 Å². The molecule has 1 saturated heterocycles. The molecule has 0 spiro atoms. The topological polar surface area (TPSA) is 75.7 Å². The van der Waals surface area contributed by atoms with Crippen LogP contribution in [0.2, 0.25) is 10.0 Å². The lowest BCUT2D eigenvalue weighted by Crippen LogP contribution is -2.54. The van der Waals surface area contributed by atoms with E-state index in [1.165, 1.54) is 24.3 Å². The third-order valence-corrected chi connectivity index (χ3v) is 4.52. The van der Waals surface area contributed by atoms with Crippen LogP contribution in [0.1, 0.15) is 5.56 Å². The molecule has 4 amide bonds. The van der Waals surface area contributed by atoms with E-state index in [0.29, 0.717) is 11.3 Å². The summed E-state index contributed by atoms with van der Waals surface area (Å²) < 4.78 is 5.27. The zero-order valence-electron chi connectivity index (χ0n) is 14.2. The second-order valence-corrected chi connectivity index (χ2v) is 6.43. The maximum atomic E-state index is 12.8. The molecular formula is C20H12Cl2N2O4. The van der Waals surface area contributed by atoms with Gasteiger partial charge in [0.1, 0.15) is 17.9 Å². The quantitative estimate of drug-likeness (QED) is 0.470. The minimum absolute atomic E-state index is 0.127. The number of hydrogen-bond donors (Lipinski definition) is 1. The van der Waals surface area contributed by atoms with Crippen LogP contribution in [0, 0.1) is 12.3 Å². The largest absolute Gasteiger partial charge is 0.481 e. The van der Waals surface area contributed by atoms with Gasteiger partial charge in [0, 0.05) is 0 Å². The number of hydrogen-bond acceptors (Lipinski definition) is 4. The second-order valence-electron chi connectivity index (χ2n) is 5.62. The van der Waals surface area contributed by atoms with Crippen LogP contribution in [0.15, 0.2) is 48.0 Å². The van der Waals surface area contributed by atoms with E-state index in [9.17, 15) is 14.4 Å². The summed E-state index contributed by atoms with van der Waals surface area (Å²) in [5.74, 6) is 1.33. The predicted molar refractivity (Wildman–Crippen MR) is 106 cm³/mol. The molecule has 6 nitrogen and oxygen atoms in total. The summed E-state index contributed by atoms with van der Waals surface area (Å²) in [4.78, 5) is 38.0. The van der Waals surface area contributed by atoms with E-state index in [4.69, 9.17) is 34.4 Å². The molecule has 0 aromatic heterocycles. The molecule has 0 unspecified atom stereocenters. The summed E-state index contributed by atoms with van der Waals surface area (Å²) in [7, 11) is 0. The monoisotopic (exact) mass is 414 g/mol. The minimum atomic E-state index is -0.872. The van der Waals surface area contributed by atoms with E-state index in [1.54, 1.807) is 24.3 Å². The molecule has 8 heteroatoms. The number of barbiturate groups is 1. The number of anilines is 1. The summed E-state index contributed by atoms with van der Waals surface area (Å²) in [5.41, 5.74) is 0.547. The number of imide groups is 2. The van der Waals surface area contributed by atoms with Gasteiger partial charge in [0.25, 0.3) is 11.8 Å². The summed E-state index contributed by atoms with van der Waals surface area (Å²) in [6.45, 7) is 0.127. The van der Waals surface area contributed by atoms with Crippen LogP contribution in [0.4, 0.5) is 10.5 Å². The number of halogens is 2. The van der Waals surface area contributed by atoms with Gasteiger partial charge in [-0.25, -0.2) is 9.69 Å². The Kier molecular flexibility index (Phi) is 5.69. The maximum absolute atomic E-state index is 12.8. The fourth-order valence-electron chi connectivity index (χ4n) is 2.47. The number of benzene rings is 2. The van der Waals surface area contributed by atoms with Crippen molar-refractivity contribution in [3.8, 4) is 18.1 Å². The molecule has 2 aromatic carbocycles. The second kappa shape index (κ2) is 8.17. The molecular weight excluding hydrogens is 403 g/mol. The number of ether oxygens (including phenoxy) is 1. The Morgan fingerprint density at radius 3 is 2.43 bits per heavy atom. The number of rotatable bonds is 4. The highest BCUT2D eigenvalue weighted by atomic mass is 35.5. The van der Waals surface area contributed by atoms with Gasteiger partial charge in [-0.1, -0.05) is 41.3 Å². The van der Waals surface area contributed by atoms with Crippen LogP contribution in [0.25, 0.3) is 6.08 Å². The number of nitrogens with one attached hydrogen (secondary N) is 1. The van der Waals surface area contributed by atoms with Crippen molar-refractivity contribution in [1.29, 1.82) is 0 Å². The normalized spacial score (nSPS) is 15.4. The van der Waals surface area contributed by atoms with Gasteiger partial charge in [0.15, 0.2) is 0 Å². The summed E-state index contributed by atoms with van der Waals surface area (Å²) >= 11 is 11.8. The van der Waals surface area contributed by atoms with E-state index in [1.807, 2.05) is 0 Å². The molecule has 2 aromatic rings. The van der Waals surface area contributed by atoms with Gasteiger partial charge in [0.2, 0.25) is 0 Å². The van der Waals surface area contributed by atoms with E-state index >= 15 is 0 Å². The first-order valence-electron chi connectivity index (χ1n) is 7.93. The van der Waals surface area contributed by atoms with Gasteiger partial charge in [-0.2, -0.15) is 0 Å². The number of nitrogens with zero attached hydrogens (tertiary/aromatic N) is 1. The zero-order valence-corrected chi connectivity index (χ0v) is 15.8. The van der Waals surface area contributed by atoms with E-state index in [0.717, 1.165) is 4.90 Å². The molecule has 0 atom stereocenters. The predicted octanol–water partition coefficient (Wildman–Crippen LogP) is 3.67.